The highest BCUT2D eigenvalue weighted by Gasteiger charge is 2.58. The van der Waals surface area contributed by atoms with Crippen LogP contribution in [0.25, 0.3) is 0 Å². The highest BCUT2D eigenvalue weighted by molar-refractivity contribution is 5.25. The monoisotopic (exact) mass is 384 g/mol. The zero-order valence-electron chi connectivity index (χ0n) is 19.1. The van der Waals surface area contributed by atoms with Crippen molar-refractivity contribution in [3.8, 4) is 0 Å². The molecule has 0 radical (unpaired) electrons. The summed E-state index contributed by atoms with van der Waals surface area (Å²) in [6.45, 7) is 12.2. The Morgan fingerprint density at radius 3 is 2.68 bits per heavy atom. The normalized spacial score (nSPS) is 46.1. The molecule has 4 aliphatic rings. The van der Waals surface area contributed by atoms with Gasteiger partial charge in [0.25, 0.3) is 0 Å². The number of allylic oxidation sites excluding steroid dienone is 3. The van der Waals surface area contributed by atoms with Crippen LogP contribution in [0.4, 0.5) is 0 Å². The summed E-state index contributed by atoms with van der Waals surface area (Å²) in [6, 6.07) is 0. The second-order valence-corrected chi connectivity index (χ2v) is 11.7. The van der Waals surface area contributed by atoms with Crippen LogP contribution in [0.3, 0.4) is 0 Å². The standard InChI is InChI=1S/C27H44O/c1-18(2)7-6-8-19(3)23-11-12-24-22-10-9-20-17-21(28)13-15-26(20,4)25(22)14-16-27(23,24)5/h7,9,19,21-25,28H,6,8,10-17H2,1-5H3/t19?,21-,22?,23?,24?,25?,26?,27?/m0/s1. The maximum Gasteiger partial charge on any atom is 0.0577 e. The number of aliphatic hydroxyl groups excluding tert-OH is 1. The van der Waals surface area contributed by atoms with Crippen LogP contribution in [0, 0.1) is 40.4 Å². The largest absolute Gasteiger partial charge is 0.393 e. The van der Waals surface area contributed by atoms with Gasteiger partial charge in [-0.2, -0.15) is 0 Å². The zero-order valence-corrected chi connectivity index (χ0v) is 19.1. The molecule has 0 spiro atoms. The fraction of sp³-hybridized carbons (Fsp3) is 0.852. The van der Waals surface area contributed by atoms with Gasteiger partial charge in [-0.1, -0.05) is 44.1 Å². The van der Waals surface area contributed by atoms with Crippen LogP contribution in [0.5, 0.6) is 0 Å². The van der Waals surface area contributed by atoms with Gasteiger partial charge >= 0.3 is 0 Å². The summed E-state index contributed by atoms with van der Waals surface area (Å²) in [5.41, 5.74) is 4.04. The molecule has 0 aromatic rings. The molecule has 8 atom stereocenters. The lowest BCUT2D eigenvalue weighted by atomic mass is 9.47. The Kier molecular flexibility index (Phi) is 5.62. The summed E-state index contributed by atoms with van der Waals surface area (Å²) < 4.78 is 0. The first-order valence-corrected chi connectivity index (χ1v) is 12.3. The lowest BCUT2D eigenvalue weighted by molar-refractivity contribution is -0.0571. The van der Waals surface area contributed by atoms with E-state index < -0.39 is 0 Å². The molecule has 0 aromatic heterocycles. The van der Waals surface area contributed by atoms with Crippen LogP contribution < -0.4 is 0 Å². The fourth-order valence-electron chi connectivity index (χ4n) is 8.45. The van der Waals surface area contributed by atoms with Gasteiger partial charge in [-0.25, -0.2) is 0 Å². The summed E-state index contributed by atoms with van der Waals surface area (Å²) in [5, 5.41) is 10.2. The molecule has 0 bridgehead atoms. The fourth-order valence-corrected chi connectivity index (χ4v) is 8.45. The van der Waals surface area contributed by atoms with Crippen molar-refractivity contribution >= 4 is 0 Å². The van der Waals surface area contributed by atoms with Gasteiger partial charge in [-0.05, 0) is 118 Å². The third-order valence-corrected chi connectivity index (χ3v) is 10.0. The van der Waals surface area contributed by atoms with Crippen molar-refractivity contribution in [2.24, 2.45) is 40.4 Å². The molecule has 0 aromatic carbocycles. The maximum atomic E-state index is 10.2. The quantitative estimate of drug-likeness (QED) is 0.504. The van der Waals surface area contributed by atoms with Gasteiger partial charge in [0.05, 0.1) is 6.10 Å². The molecule has 28 heavy (non-hydrogen) atoms. The summed E-state index contributed by atoms with van der Waals surface area (Å²) in [6.07, 6.45) is 17.9. The van der Waals surface area contributed by atoms with Crippen molar-refractivity contribution in [2.45, 2.75) is 105 Å². The van der Waals surface area contributed by atoms with E-state index in [1.165, 1.54) is 56.9 Å². The second-order valence-electron chi connectivity index (χ2n) is 11.7. The molecule has 4 rings (SSSR count). The van der Waals surface area contributed by atoms with Crippen molar-refractivity contribution in [1.82, 2.24) is 0 Å². The van der Waals surface area contributed by atoms with E-state index in [0.29, 0.717) is 10.8 Å². The van der Waals surface area contributed by atoms with Gasteiger partial charge in [0.15, 0.2) is 0 Å². The number of hydrogen-bond donors (Lipinski definition) is 1. The maximum absolute atomic E-state index is 10.2. The molecule has 1 N–H and O–H groups in total. The highest BCUT2D eigenvalue weighted by Crippen LogP contribution is 2.67. The number of fused-ring (bicyclic) bond motifs is 5. The summed E-state index contributed by atoms with van der Waals surface area (Å²) in [7, 11) is 0. The Balaban J connectivity index is 1.51. The molecule has 0 heterocycles. The minimum absolute atomic E-state index is 0.0813. The van der Waals surface area contributed by atoms with Crippen LogP contribution in [0.1, 0.15) is 98.8 Å². The van der Waals surface area contributed by atoms with Gasteiger partial charge in [0.1, 0.15) is 0 Å². The topological polar surface area (TPSA) is 20.2 Å². The zero-order chi connectivity index (χ0) is 20.1. The molecule has 7 unspecified atom stereocenters. The van der Waals surface area contributed by atoms with Crippen molar-refractivity contribution in [3.63, 3.8) is 0 Å². The lowest BCUT2D eigenvalue weighted by Crippen LogP contribution is -2.50. The summed E-state index contributed by atoms with van der Waals surface area (Å²) in [5.74, 6) is 4.49. The number of aliphatic hydroxyl groups is 1. The third-order valence-electron chi connectivity index (χ3n) is 10.0. The van der Waals surface area contributed by atoms with E-state index in [9.17, 15) is 5.11 Å². The minimum Gasteiger partial charge on any atom is -0.393 e. The van der Waals surface area contributed by atoms with Gasteiger partial charge in [0.2, 0.25) is 0 Å². The van der Waals surface area contributed by atoms with E-state index in [-0.39, 0.29) is 6.10 Å². The molecule has 0 aliphatic heterocycles. The smallest absolute Gasteiger partial charge is 0.0577 e. The van der Waals surface area contributed by atoms with Crippen LogP contribution in [-0.2, 0) is 0 Å². The molecule has 158 valence electrons. The molecule has 1 nitrogen and oxygen atoms in total. The van der Waals surface area contributed by atoms with Crippen LogP contribution in [0.15, 0.2) is 23.3 Å². The molecule has 3 saturated carbocycles. The van der Waals surface area contributed by atoms with Crippen LogP contribution in [-0.4, -0.2) is 11.2 Å². The van der Waals surface area contributed by atoms with Crippen molar-refractivity contribution in [1.29, 1.82) is 0 Å². The molecule has 4 aliphatic carbocycles. The predicted molar refractivity (Wildman–Crippen MR) is 119 cm³/mol. The SMILES string of the molecule is CC(C)=CCCC(C)C1CCC2C3CC=C4C[C@@H](O)CCC4(C)C3CCC12C. The van der Waals surface area contributed by atoms with Gasteiger partial charge in [-0.15, -0.1) is 0 Å². The van der Waals surface area contributed by atoms with E-state index in [1.807, 2.05) is 0 Å². The first-order chi connectivity index (χ1) is 13.3. The predicted octanol–water partition coefficient (Wildman–Crippen LogP) is 7.31. The Morgan fingerprint density at radius 2 is 1.93 bits per heavy atom. The van der Waals surface area contributed by atoms with E-state index in [2.05, 4.69) is 46.8 Å². The minimum atomic E-state index is -0.0813. The number of rotatable bonds is 4. The van der Waals surface area contributed by atoms with E-state index in [1.54, 1.807) is 5.57 Å². The van der Waals surface area contributed by atoms with Gasteiger partial charge in [0, 0.05) is 0 Å². The Morgan fingerprint density at radius 1 is 1.14 bits per heavy atom. The average molecular weight is 385 g/mol. The Labute approximate surface area is 174 Å². The first kappa shape index (κ1) is 20.7. The Bertz CT molecular complexity index is 641. The van der Waals surface area contributed by atoms with Gasteiger partial charge in [-0.3, -0.25) is 0 Å². The van der Waals surface area contributed by atoms with Crippen molar-refractivity contribution in [2.75, 3.05) is 0 Å². The molecule has 0 saturated heterocycles. The van der Waals surface area contributed by atoms with E-state index in [4.69, 9.17) is 0 Å². The Hall–Kier alpha value is -0.560. The van der Waals surface area contributed by atoms with Crippen LogP contribution in [0.2, 0.25) is 0 Å². The van der Waals surface area contributed by atoms with Gasteiger partial charge < -0.3 is 5.11 Å². The molecule has 0 amide bonds. The van der Waals surface area contributed by atoms with Crippen LogP contribution >= 0.6 is 0 Å². The first-order valence-electron chi connectivity index (χ1n) is 12.3. The van der Waals surface area contributed by atoms with E-state index in [0.717, 1.165) is 42.4 Å². The van der Waals surface area contributed by atoms with E-state index >= 15 is 0 Å². The summed E-state index contributed by atoms with van der Waals surface area (Å²) in [4.78, 5) is 0. The average Bonchev–Trinajstić information content (AvgIpc) is 2.99. The molecule has 3 fully saturated rings. The molecular weight excluding hydrogens is 340 g/mol. The highest BCUT2D eigenvalue weighted by atomic mass is 16.3. The molecule has 1 heteroatoms. The summed E-state index contributed by atoms with van der Waals surface area (Å²) >= 11 is 0. The third kappa shape index (κ3) is 3.34. The van der Waals surface area contributed by atoms with Crippen molar-refractivity contribution < 1.29 is 5.11 Å². The molecular formula is C27H44O. The number of hydrogen-bond acceptors (Lipinski definition) is 1. The lowest BCUT2D eigenvalue weighted by Gasteiger charge is -2.58. The van der Waals surface area contributed by atoms with Crippen molar-refractivity contribution in [3.05, 3.63) is 23.3 Å². The second kappa shape index (κ2) is 7.60.